The number of nitrogens with zero attached hydrogens (tertiary/aromatic N) is 4. The Kier molecular flexibility index (Phi) is 8.37. The predicted octanol–water partition coefficient (Wildman–Crippen LogP) is 3.65. The number of aromatic nitrogens is 2. The van der Waals surface area contributed by atoms with Gasteiger partial charge in [0.2, 0.25) is 5.91 Å². The van der Waals surface area contributed by atoms with Crippen LogP contribution in [0, 0.1) is 12.8 Å². The van der Waals surface area contributed by atoms with Crippen LogP contribution in [0.4, 0.5) is 5.82 Å². The highest BCUT2D eigenvalue weighted by atomic mass is 35.5. The van der Waals surface area contributed by atoms with Gasteiger partial charge < -0.3 is 15.1 Å². The van der Waals surface area contributed by atoms with Crippen molar-refractivity contribution in [2.45, 2.75) is 38.9 Å². The van der Waals surface area contributed by atoms with Gasteiger partial charge in [0, 0.05) is 43.9 Å². The number of carbonyl (C=O) groups excluding carboxylic acids is 2. The van der Waals surface area contributed by atoms with Crippen LogP contribution in [-0.4, -0.2) is 64.7 Å². The quantitative estimate of drug-likeness (QED) is 0.374. The summed E-state index contributed by atoms with van der Waals surface area (Å²) in [5, 5.41) is 3.70. The summed E-state index contributed by atoms with van der Waals surface area (Å²) in [5.41, 5.74) is 1.83. The van der Waals surface area contributed by atoms with Gasteiger partial charge in [-0.1, -0.05) is 54.9 Å². The van der Waals surface area contributed by atoms with Crippen LogP contribution >= 0.6 is 23.4 Å². The molecule has 1 atom stereocenters. The van der Waals surface area contributed by atoms with Gasteiger partial charge in [-0.15, -0.1) is 0 Å². The summed E-state index contributed by atoms with van der Waals surface area (Å²) >= 11 is 7.51. The summed E-state index contributed by atoms with van der Waals surface area (Å²) < 4.78 is 0. The molecule has 1 saturated heterocycles. The molecule has 1 N–H and O–H groups in total. The second kappa shape index (κ2) is 11.0. The molecule has 2 amide bonds. The molecule has 0 aliphatic carbocycles. The molecule has 1 aliphatic rings. The topological polar surface area (TPSA) is 78.4 Å². The molecule has 172 valence electrons. The maximum atomic E-state index is 12.9. The number of hydrogen-bond donors (Lipinski definition) is 1. The number of rotatable bonds is 7. The molecule has 1 aliphatic heterocycles. The molecule has 2 aromatic rings. The maximum Gasteiger partial charge on any atom is 0.254 e. The number of amides is 2. The average Bonchev–Trinajstić information content (AvgIpc) is 2.76. The smallest absolute Gasteiger partial charge is 0.254 e. The van der Waals surface area contributed by atoms with E-state index >= 15 is 0 Å². The van der Waals surface area contributed by atoms with E-state index in [0.29, 0.717) is 53.8 Å². The van der Waals surface area contributed by atoms with Gasteiger partial charge in [-0.25, -0.2) is 9.97 Å². The molecule has 7 nitrogen and oxygen atoms in total. The average molecular weight is 476 g/mol. The van der Waals surface area contributed by atoms with Gasteiger partial charge >= 0.3 is 0 Å². The predicted molar refractivity (Wildman–Crippen MR) is 130 cm³/mol. The molecule has 0 bridgehead atoms. The van der Waals surface area contributed by atoms with E-state index < -0.39 is 0 Å². The molecule has 0 saturated carbocycles. The van der Waals surface area contributed by atoms with E-state index in [1.807, 2.05) is 43.0 Å². The van der Waals surface area contributed by atoms with Crippen molar-refractivity contribution in [3.05, 3.63) is 46.6 Å². The minimum Gasteiger partial charge on any atom is -0.355 e. The number of aryl methyl sites for hydroxylation is 1. The van der Waals surface area contributed by atoms with E-state index in [0.717, 1.165) is 5.56 Å². The third-order valence-corrected chi connectivity index (χ3v) is 6.25. The van der Waals surface area contributed by atoms with Crippen molar-refractivity contribution in [1.82, 2.24) is 20.2 Å². The van der Waals surface area contributed by atoms with Crippen molar-refractivity contribution < 1.29 is 9.59 Å². The second-order valence-corrected chi connectivity index (χ2v) is 9.81. The van der Waals surface area contributed by atoms with Crippen LogP contribution in [0.1, 0.15) is 36.7 Å². The van der Waals surface area contributed by atoms with Crippen LogP contribution in [0.15, 0.2) is 35.5 Å². The van der Waals surface area contributed by atoms with E-state index in [-0.39, 0.29) is 23.6 Å². The lowest BCUT2D eigenvalue weighted by atomic mass is 10.1. The van der Waals surface area contributed by atoms with Gasteiger partial charge in [-0.05, 0) is 31.9 Å². The number of nitrogens with one attached hydrogen (secondary N) is 1. The third-order valence-electron chi connectivity index (χ3n) is 5.21. The summed E-state index contributed by atoms with van der Waals surface area (Å²) in [5.74, 6) is 1.34. The molecule has 0 spiro atoms. The summed E-state index contributed by atoms with van der Waals surface area (Å²) in [6.45, 7) is 10.7. The van der Waals surface area contributed by atoms with Crippen molar-refractivity contribution >= 4 is 41.0 Å². The number of halogens is 1. The number of anilines is 1. The van der Waals surface area contributed by atoms with Gasteiger partial charge in [-0.3, -0.25) is 9.59 Å². The first-order valence-electron chi connectivity index (χ1n) is 10.8. The van der Waals surface area contributed by atoms with Crippen molar-refractivity contribution in [2.24, 2.45) is 5.92 Å². The Balaban J connectivity index is 1.62. The van der Waals surface area contributed by atoms with E-state index in [1.54, 1.807) is 6.07 Å². The van der Waals surface area contributed by atoms with E-state index in [1.165, 1.54) is 11.8 Å². The van der Waals surface area contributed by atoms with Gasteiger partial charge in [0.15, 0.2) is 5.16 Å². The third kappa shape index (κ3) is 6.59. The van der Waals surface area contributed by atoms with Crippen LogP contribution in [0.2, 0.25) is 5.15 Å². The number of carbonyl (C=O) groups is 2. The molecule has 2 heterocycles. The Morgan fingerprint density at radius 2 is 1.94 bits per heavy atom. The summed E-state index contributed by atoms with van der Waals surface area (Å²) in [7, 11) is 0. The highest BCUT2D eigenvalue weighted by Gasteiger charge is 2.29. The molecular formula is C23H30ClN5O2S. The molecule has 1 unspecified atom stereocenters. The van der Waals surface area contributed by atoms with Crippen molar-refractivity contribution in [1.29, 1.82) is 0 Å². The van der Waals surface area contributed by atoms with Gasteiger partial charge in [0.1, 0.15) is 11.0 Å². The van der Waals surface area contributed by atoms with E-state index in [4.69, 9.17) is 11.6 Å². The fourth-order valence-corrected chi connectivity index (χ4v) is 4.35. The summed E-state index contributed by atoms with van der Waals surface area (Å²) in [6.07, 6.45) is 0. The lowest BCUT2D eigenvalue weighted by Crippen LogP contribution is -2.54. The minimum absolute atomic E-state index is 0.0178. The fraction of sp³-hybridized carbons (Fsp3) is 0.478. The SMILES string of the molecule is Cc1ccc(C(=O)N2CCN(c3cc(Cl)nc(SCC(=O)NCC(C)C)n3)CC2C)cc1. The normalized spacial score (nSPS) is 16.4. The van der Waals surface area contributed by atoms with Crippen molar-refractivity contribution in [2.75, 3.05) is 36.8 Å². The number of benzene rings is 1. The molecule has 1 aromatic heterocycles. The number of hydrogen-bond acceptors (Lipinski definition) is 6. The first-order chi connectivity index (χ1) is 15.2. The summed E-state index contributed by atoms with van der Waals surface area (Å²) in [4.78, 5) is 37.8. The van der Waals surface area contributed by atoms with Gasteiger partial charge in [0.25, 0.3) is 5.91 Å². The van der Waals surface area contributed by atoms with Crippen LogP contribution in [-0.2, 0) is 4.79 Å². The summed E-state index contributed by atoms with van der Waals surface area (Å²) in [6, 6.07) is 9.42. The molecule has 9 heteroatoms. The number of piperazine rings is 1. The minimum atomic E-state index is -0.0503. The van der Waals surface area contributed by atoms with Crippen LogP contribution in [0.3, 0.4) is 0 Å². The van der Waals surface area contributed by atoms with Crippen LogP contribution < -0.4 is 10.2 Å². The second-order valence-electron chi connectivity index (χ2n) is 8.48. The Hall–Kier alpha value is -2.32. The zero-order valence-electron chi connectivity index (χ0n) is 19.0. The molecule has 32 heavy (non-hydrogen) atoms. The monoisotopic (exact) mass is 475 g/mol. The fourth-order valence-electron chi connectivity index (χ4n) is 3.44. The van der Waals surface area contributed by atoms with Crippen molar-refractivity contribution in [3.8, 4) is 0 Å². The zero-order valence-corrected chi connectivity index (χ0v) is 20.5. The molecule has 0 radical (unpaired) electrons. The number of thioether (sulfide) groups is 1. The van der Waals surface area contributed by atoms with Crippen LogP contribution in [0.5, 0.6) is 0 Å². The molecule has 1 fully saturated rings. The standard InChI is InChI=1S/C23H30ClN5O2S/c1-15(2)12-25-21(30)14-32-23-26-19(24)11-20(27-23)28-9-10-29(17(4)13-28)22(31)18-7-5-16(3)6-8-18/h5-8,11,15,17H,9-10,12-14H2,1-4H3,(H,25,30). The molecule has 3 rings (SSSR count). The Bertz CT molecular complexity index is 954. The Morgan fingerprint density at radius 1 is 1.22 bits per heavy atom. The van der Waals surface area contributed by atoms with Crippen LogP contribution in [0.25, 0.3) is 0 Å². The van der Waals surface area contributed by atoms with E-state index in [2.05, 4.69) is 34.0 Å². The van der Waals surface area contributed by atoms with Gasteiger partial charge in [0.05, 0.1) is 5.75 Å². The molecular weight excluding hydrogens is 446 g/mol. The van der Waals surface area contributed by atoms with Gasteiger partial charge in [-0.2, -0.15) is 0 Å². The largest absolute Gasteiger partial charge is 0.355 e. The van der Waals surface area contributed by atoms with E-state index in [9.17, 15) is 9.59 Å². The highest BCUT2D eigenvalue weighted by molar-refractivity contribution is 7.99. The maximum absolute atomic E-state index is 12.9. The lowest BCUT2D eigenvalue weighted by Gasteiger charge is -2.40. The zero-order chi connectivity index (χ0) is 23.3. The van der Waals surface area contributed by atoms with Crippen molar-refractivity contribution in [3.63, 3.8) is 0 Å². The first kappa shape index (κ1) is 24.3. The highest BCUT2D eigenvalue weighted by Crippen LogP contribution is 2.24. The first-order valence-corrected chi connectivity index (χ1v) is 12.2. The lowest BCUT2D eigenvalue weighted by molar-refractivity contribution is -0.118. The molecule has 1 aromatic carbocycles. The Morgan fingerprint density at radius 3 is 2.59 bits per heavy atom. The Labute approximate surface area is 198 Å².